The molecule has 1 unspecified atom stereocenters. The third-order valence-electron chi connectivity index (χ3n) is 5.05. The van der Waals surface area contributed by atoms with Gasteiger partial charge in [0.2, 0.25) is 0 Å². The quantitative estimate of drug-likeness (QED) is 0.615. The lowest BCUT2D eigenvalue weighted by Gasteiger charge is -2.19. The molecule has 1 fully saturated rings. The molecule has 1 amide bonds. The van der Waals surface area contributed by atoms with Crippen LogP contribution in [0, 0.1) is 5.92 Å². The predicted molar refractivity (Wildman–Crippen MR) is 123 cm³/mol. The molecule has 1 N–H and O–H groups in total. The second-order valence-corrected chi connectivity index (χ2v) is 9.62. The van der Waals surface area contributed by atoms with Crippen LogP contribution >= 0.6 is 23.5 Å². The monoisotopic (exact) mass is 440 g/mol. The van der Waals surface area contributed by atoms with Gasteiger partial charge in [-0.15, -0.1) is 0 Å². The first-order valence-corrected chi connectivity index (χ1v) is 12.1. The van der Waals surface area contributed by atoms with Gasteiger partial charge in [-0.05, 0) is 36.0 Å². The number of thioether (sulfide) groups is 2. The van der Waals surface area contributed by atoms with Gasteiger partial charge in [-0.25, -0.2) is 4.79 Å². The van der Waals surface area contributed by atoms with Crippen molar-refractivity contribution >= 4 is 39.8 Å². The Morgan fingerprint density at radius 1 is 1.13 bits per heavy atom. The second-order valence-electron chi connectivity index (χ2n) is 7.31. The molecule has 0 aromatic heterocycles. The lowest BCUT2D eigenvalue weighted by molar-refractivity contribution is -0.125. The van der Waals surface area contributed by atoms with Gasteiger partial charge in [0.15, 0.2) is 6.61 Å². The van der Waals surface area contributed by atoms with Gasteiger partial charge in [0.05, 0.1) is 18.2 Å². The molecule has 1 atom stereocenters. The molecule has 0 spiro atoms. The average Bonchev–Trinajstić information content (AvgIpc) is 3.49. The number of amides is 1. The number of carbonyl (C=O) groups is 2. The normalized spacial score (nSPS) is 16.6. The van der Waals surface area contributed by atoms with Crippen LogP contribution in [0.1, 0.15) is 40.4 Å². The van der Waals surface area contributed by atoms with Crippen LogP contribution in [0.2, 0.25) is 0 Å². The maximum atomic E-state index is 12.6. The molecule has 1 saturated carbocycles. The van der Waals surface area contributed by atoms with E-state index < -0.39 is 5.97 Å². The Morgan fingerprint density at radius 2 is 1.90 bits per heavy atom. The number of esters is 1. The van der Waals surface area contributed by atoms with Gasteiger partial charge in [0, 0.05) is 11.5 Å². The van der Waals surface area contributed by atoms with Crippen LogP contribution in [0.3, 0.4) is 0 Å². The van der Waals surface area contributed by atoms with Crippen LogP contribution in [0.15, 0.2) is 59.6 Å². The van der Waals surface area contributed by atoms with E-state index >= 15 is 0 Å². The molecule has 5 nitrogen and oxygen atoms in total. The van der Waals surface area contributed by atoms with Gasteiger partial charge < -0.3 is 10.1 Å². The zero-order valence-corrected chi connectivity index (χ0v) is 18.2. The summed E-state index contributed by atoms with van der Waals surface area (Å²) >= 11 is 3.38. The molecular weight excluding hydrogens is 416 g/mol. The highest BCUT2D eigenvalue weighted by Crippen LogP contribution is 2.40. The minimum Gasteiger partial charge on any atom is -0.452 e. The molecule has 1 heterocycles. The molecule has 1 aliphatic carbocycles. The minimum absolute atomic E-state index is 0.0224. The van der Waals surface area contributed by atoms with E-state index in [0.717, 1.165) is 40.6 Å². The lowest BCUT2D eigenvalue weighted by atomic mass is 10.0. The van der Waals surface area contributed by atoms with Crippen LogP contribution < -0.4 is 5.32 Å². The molecule has 1 aliphatic heterocycles. The first-order chi connectivity index (χ1) is 14.7. The number of nitrogens with one attached hydrogen (secondary N) is 1. The summed E-state index contributed by atoms with van der Waals surface area (Å²) in [5.41, 5.74) is 2.49. The summed E-state index contributed by atoms with van der Waals surface area (Å²) in [6.45, 7) is 0.579. The predicted octanol–water partition coefficient (Wildman–Crippen LogP) is 4.45. The van der Waals surface area contributed by atoms with E-state index in [9.17, 15) is 9.59 Å². The smallest absolute Gasteiger partial charge is 0.338 e. The summed E-state index contributed by atoms with van der Waals surface area (Å²) < 4.78 is 6.40. The molecule has 2 aromatic carbocycles. The van der Waals surface area contributed by atoms with Crippen LogP contribution in [-0.4, -0.2) is 35.2 Å². The van der Waals surface area contributed by atoms with Crippen molar-refractivity contribution in [3.8, 4) is 0 Å². The van der Waals surface area contributed by atoms with Crippen LogP contribution in [-0.2, 0) is 15.3 Å². The molecule has 4 rings (SSSR count). The molecule has 2 aromatic rings. The van der Waals surface area contributed by atoms with E-state index in [4.69, 9.17) is 4.74 Å². The molecule has 0 saturated heterocycles. The third-order valence-corrected chi connectivity index (χ3v) is 7.35. The van der Waals surface area contributed by atoms with E-state index in [2.05, 4.69) is 10.3 Å². The van der Waals surface area contributed by atoms with Crippen molar-refractivity contribution in [3.63, 3.8) is 0 Å². The minimum atomic E-state index is -0.468. The van der Waals surface area contributed by atoms with Crippen molar-refractivity contribution < 1.29 is 14.3 Å². The van der Waals surface area contributed by atoms with Crippen molar-refractivity contribution in [1.82, 2.24) is 5.32 Å². The number of carbonyl (C=O) groups excluding carboxylic acids is 2. The van der Waals surface area contributed by atoms with Gasteiger partial charge in [0.1, 0.15) is 4.38 Å². The van der Waals surface area contributed by atoms with Gasteiger partial charge in [-0.3, -0.25) is 9.79 Å². The zero-order valence-electron chi connectivity index (χ0n) is 16.6. The number of hydrogen-bond donors (Lipinski definition) is 1. The summed E-state index contributed by atoms with van der Waals surface area (Å²) in [7, 11) is 0. The highest BCUT2D eigenvalue weighted by Gasteiger charge is 2.33. The summed E-state index contributed by atoms with van der Waals surface area (Å²) in [6.07, 6.45) is 2.21. The molecular formula is C23H24N2O3S2. The number of ether oxygens (including phenoxy) is 1. The largest absolute Gasteiger partial charge is 0.452 e. The van der Waals surface area contributed by atoms with Gasteiger partial charge in [0.25, 0.3) is 5.91 Å². The van der Waals surface area contributed by atoms with E-state index in [1.54, 1.807) is 29.6 Å². The first kappa shape index (κ1) is 21.0. The van der Waals surface area contributed by atoms with E-state index in [-0.39, 0.29) is 18.6 Å². The number of aliphatic imine (C=N–C) groups is 1. The van der Waals surface area contributed by atoms with Gasteiger partial charge in [-0.2, -0.15) is 0 Å². The number of rotatable bonds is 8. The van der Waals surface area contributed by atoms with Crippen molar-refractivity contribution in [1.29, 1.82) is 0 Å². The van der Waals surface area contributed by atoms with Crippen molar-refractivity contribution in [3.05, 3.63) is 71.3 Å². The average molecular weight is 441 g/mol. The number of nitrogens with zero attached hydrogens (tertiary/aromatic N) is 1. The Hall–Kier alpha value is -2.25. The fraction of sp³-hybridized carbons (Fsp3) is 0.348. The van der Waals surface area contributed by atoms with Crippen LogP contribution in [0.4, 0.5) is 0 Å². The molecule has 0 bridgehead atoms. The van der Waals surface area contributed by atoms with Crippen molar-refractivity contribution in [2.24, 2.45) is 10.9 Å². The number of hydrogen-bond acceptors (Lipinski definition) is 6. The fourth-order valence-corrected chi connectivity index (χ4v) is 5.39. The topological polar surface area (TPSA) is 67.8 Å². The highest BCUT2D eigenvalue weighted by molar-refractivity contribution is 8.38. The Balaban J connectivity index is 1.32. The zero-order chi connectivity index (χ0) is 20.8. The first-order valence-electron chi connectivity index (χ1n) is 10.1. The van der Waals surface area contributed by atoms with E-state index in [1.165, 1.54) is 0 Å². The van der Waals surface area contributed by atoms with Crippen LogP contribution in [0.5, 0.6) is 0 Å². The third kappa shape index (κ3) is 5.67. The van der Waals surface area contributed by atoms with Crippen molar-refractivity contribution in [2.75, 3.05) is 18.9 Å². The fourth-order valence-electron chi connectivity index (χ4n) is 3.37. The van der Waals surface area contributed by atoms with E-state index in [0.29, 0.717) is 17.2 Å². The number of benzene rings is 2. The van der Waals surface area contributed by atoms with Crippen LogP contribution in [0.25, 0.3) is 0 Å². The molecule has 0 radical (unpaired) electrons. The summed E-state index contributed by atoms with van der Waals surface area (Å²) in [5.74, 6) is 1.39. The van der Waals surface area contributed by atoms with E-state index in [1.807, 2.05) is 48.5 Å². The SMILES string of the molecule is O=C(COC(=O)c1ccccc1CSC1=NCCS1)NC(c1ccccc1)C1CC1. The Kier molecular flexibility index (Phi) is 7.12. The molecule has 30 heavy (non-hydrogen) atoms. The molecule has 2 aliphatic rings. The molecule has 7 heteroatoms. The highest BCUT2D eigenvalue weighted by atomic mass is 32.2. The van der Waals surface area contributed by atoms with Gasteiger partial charge in [-0.1, -0.05) is 72.1 Å². The Morgan fingerprint density at radius 3 is 2.63 bits per heavy atom. The standard InChI is InChI=1S/C23H24N2O3S2/c26-20(25-21(17-10-11-17)16-6-2-1-3-7-16)14-28-22(27)19-9-5-4-8-18(19)15-30-23-24-12-13-29-23/h1-9,17,21H,10-15H2,(H,25,26). The maximum absolute atomic E-state index is 12.6. The summed E-state index contributed by atoms with van der Waals surface area (Å²) in [5, 5.41) is 3.04. The van der Waals surface area contributed by atoms with Crippen molar-refractivity contribution in [2.45, 2.75) is 24.6 Å². The summed E-state index contributed by atoms with van der Waals surface area (Å²) in [6, 6.07) is 17.3. The maximum Gasteiger partial charge on any atom is 0.338 e. The summed E-state index contributed by atoms with van der Waals surface area (Å²) in [4.78, 5) is 29.5. The second kappa shape index (κ2) is 10.2. The van der Waals surface area contributed by atoms with Gasteiger partial charge >= 0.3 is 5.97 Å². The molecule has 156 valence electrons. The Bertz CT molecular complexity index is 929. The Labute approximate surface area is 185 Å². The lowest BCUT2D eigenvalue weighted by Crippen LogP contribution is -2.33.